The summed E-state index contributed by atoms with van der Waals surface area (Å²) in [6.07, 6.45) is 0.604. The number of hydrogen-bond donors (Lipinski definition) is 1. The highest BCUT2D eigenvalue weighted by Crippen LogP contribution is 2.21. The molecule has 116 valence electrons. The Morgan fingerprint density at radius 2 is 2.19 bits per heavy atom. The van der Waals surface area contributed by atoms with Crippen LogP contribution in [-0.2, 0) is 14.8 Å². The molecular formula is C14H20N2O3S2. The van der Waals surface area contributed by atoms with Crippen molar-refractivity contribution in [3.05, 3.63) is 29.3 Å². The molecule has 1 aromatic carbocycles. The molecule has 5 nitrogen and oxygen atoms in total. The van der Waals surface area contributed by atoms with Crippen molar-refractivity contribution in [2.45, 2.75) is 31.3 Å². The third-order valence-electron chi connectivity index (χ3n) is 3.52. The second-order valence-electron chi connectivity index (χ2n) is 5.24. The summed E-state index contributed by atoms with van der Waals surface area (Å²) in [6.45, 7) is 5.13. The molecule has 1 aromatic rings. The smallest absolute Gasteiger partial charge is 0.243 e. The highest BCUT2D eigenvalue weighted by molar-refractivity contribution is 7.89. The van der Waals surface area contributed by atoms with Gasteiger partial charge in [0.1, 0.15) is 4.99 Å². The van der Waals surface area contributed by atoms with Gasteiger partial charge < -0.3 is 10.5 Å². The first-order valence-electron chi connectivity index (χ1n) is 6.84. The maximum atomic E-state index is 12.7. The monoisotopic (exact) mass is 328 g/mol. The van der Waals surface area contributed by atoms with E-state index in [-0.39, 0.29) is 16.0 Å². The van der Waals surface area contributed by atoms with Crippen LogP contribution in [0.15, 0.2) is 23.1 Å². The molecule has 1 aliphatic heterocycles. The Kier molecular flexibility index (Phi) is 4.98. The van der Waals surface area contributed by atoms with Crippen LogP contribution in [0, 0.1) is 6.92 Å². The summed E-state index contributed by atoms with van der Waals surface area (Å²) in [5.41, 5.74) is 7.08. The first-order valence-corrected chi connectivity index (χ1v) is 8.69. The van der Waals surface area contributed by atoms with E-state index >= 15 is 0 Å². The average Bonchev–Trinajstić information content (AvgIpc) is 2.63. The summed E-state index contributed by atoms with van der Waals surface area (Å²) >= 11 is 4.95. The van der Waals surface area contributed by atoms with Gasteiger partial charge in [-0.25, -0.2) is 8.42 Å². The van der Waals surface area contributed by atoms with E-state index in [0.29, 0.717) is 31.7 Å². The Morgan fingerprint density at radius 1 is 1.48 bits per heavy atom. The maximum absolute atomic E-state index is 12.7. The molecule has 0 aromatic heterocycles. The van der Waals surface area contributed by atoms with Crippen LogP contribution in [0.1, 0.15) is 24.5 Å². The Morgan fingerprint density at radius 3 is 2.81 bits per heavy atom. The molecule has 2 N–H and O–H groups in total. The van der Waals surface area contributed by atoms with Gasteiger partial charge >= 0.3 is 0 Å². The largest absolute Gasteiger partial charge is 0.389 e. The predicted octanol–water partition coefficient (Wildman–Crippen LogP) is 1.43. The summed E-state index contributed by atoms with van der Waals surface area (Å²) in [5.74, 6) is 0. The van der Waals surface area contributed by atoms with Crippen LogP contribution < -0.4 is 5.73 Å². The van der Waals surface area contributed by atoms with Gasteiger partial charge in [-0.1, -0.05) is 18.3 Å². The maximum Gasteiger partial charge on any atom is 0.243 e. The van der Waals surface area contributed by atoms with Crippen LogP contribution in [0.25, 0.3) is 0 Å². The van der Waals surface area contributed by atoms with Gasteiger partial charge in [-0.3, -0.25) is 0 Å². The zero-order valence-electron chi connectivity index (χ0n) is 12.2. The van der Waals surface area contributed by atoms with Gasteiger partial charge in [0.25, 0.3) is 0 Å². The lowest BCUT2D eigenvalue weighted by atomic mass is 10.1. The van der Waals surface area contributed by atoms with E-state index in [9.17, 15) is 8.42 Å². The second-order valence-corrected chi connectivity index (χ2v) is 7.62. The number of ether oxygens (including phenoxy) is 1. The zero-order valence-corrected chi connectivity index (χ0v) is 13.8. The molecule has 1 aliphatic rings. The molecule has 0 bridgehead atoms. The Labute approximate surface area is 131 Å². The van der Waals surface area contributed by atoms with Crippen molar-refractivity contribution in [1.29, 1.82) is 0 Å². The number of aryl methyl sites for hydroxylation is 1. The minimum Gasteiger partial charge on any atom is -0.389 e. The summed E-state index contributed by atoms with van der Waals surface area (Å²) < 4.78 is 32.4. The van der Waals surface area contributed by atoms with E-state index in [2.05, 4.69) is 0 Å². The third kappa shape index (κ3) is 3.60. The molecule has 7 heteroatoms. The summed E-state index contributed by atoms with van der Waals surface area (Å²) in [4.78, 5) is 0.544. The van der Waals surface area contributed by atoms with Crippen LogP contribution in [-0.4, -0.2) is 43.5 Å². The number of thiocarbonyl (C=S) groups is 1. The van der Waals surface area contributed by atoms with Gasteiger partial charge in [-0.15, -0.1) is 0 Å². The molecule has 1 atom stereocenters. The molecule has 1 unspecified atom stereocenters. The van der Waals surface area contributed by atoms with Crippen LogP contribution in [0.3, 0.4) is 0 Å². The molecular weight excluding hydrogens is 308 g/mol. The normalized spacial score (nSPS) is 21.0. The van der Waals surface area contributed by atoms with Gasteiger partial charge in [0, 0.05) is 25.3 Å². The molecule has 1 saturated heterocycles. The average molecular weight is 328 g/mol. The number of benzene rings is 1. The third-order valence-corrected chi connectivity index (χ3v) is 5.60. The predicted molar refractivity (Wildman–Crippen MR) is 85.9 cm³/mol. The van der Waals surface area contributed by atoms with Crippen molar-refractivity contribution < 1.29 is 13.2 Å². The second kappa shape index (κ2) is 6.39. The standard InChI is InChI=1S/C14H20N2O3S2/c1-10-8-12(4-5-13(10)14(15)20)21(17,18)16-6-3-7-19-11(2)9-16/h4-5,8,11H,3,6-7,9H2,1-2H3,(H2,15,20). The van der Waals surface area contributed by atoms with E-state index in [1.165, 1.54) is 4.31 Å². The summed E-state index contributed by atoms with van der Waals surface area (Å²) in [5, 5.41) is 0. The minimum atomic E-state index is -3.51. The quantitative estimate of drug-likeness (QED) is 0.850. The van der Waals surface area contributed by atoms with Crippen LogP contribution >= 0.6 is 12.2 Å². The molecule has 0 aliphatic carbocycles. The van der Waals surface area contributed by atoms with E-state index in [0.717, 1.165) is 5.56 Å². The van der Waals surface area contributed by atoms with Gasteiger partial charge in [-0.05, 0) is 38.0 Å². The number of nitrogens with two attached hydrogens (primary N) is 1. The van der Waals surface area contributed by atoms with Crippen LogP contribution in [0.5, 0.6) is 0 Å². The lowest BCUT2D eigenvalue weighted by Gasteiger charge is -2.22. The number of nitrogens with zero attached hydrogens (tertiary/aromatic N) is 1. The van der Waals surface area contributed by atoms with Crippen molar-refractivity contribution in [3.8, 4) is 0 Å². The van der Waals surface area contributed by atoms with Gasteiger partial charge in [0.05, 0.1) is 11.0 Å². The molecule has 21 heavy (non-hydrogen) atoms. The number of rotatable bonds is 3. The fraction of sp³-hybridized carbons (Fsp3) is 0.500. The zero-order chi connectivity index (χ0) is 15.6. The molecule has 0 radical (unpaired) electrons. The van der Waals surface area contributed by atoms with E-state index < -0.39 is 10.0 Å². The van der Waals surface area contributed by atoms with Crippen molar-refractivity contribution >= 4 is 27.2 Å². The number of hydrogen-bond acceptors (Lipinski definition) is 4. The van der Waals surface area contributed by atoms with Crippen molar-refractivity contribution in [2.24, 2.45) is 5.73 Å². The minimum absolute atomic E-state index is 0.0979. The van der Waals surface area contributed by atoms with Gasteiger partial charge in [0.15, 0.2) is 0 Å². The summed E-state index contributed by atoms with van der Waals surface area (Å²) in [6, 6.07) is 4.86. The van der Waals surface area contributed by atoms with Gasteiger partial charge in [-0.2, -0.15) is 4.31 Å². The Bertz CT molecular complexity index is 644. The molecule has 1 fully saturated rings. The van der Waals surface area contributed by atoms with Crippen LogP contribution in [0.2, 0.25) is 0 Å². The summed E-state index contributed by atoms with van der Waals surface area (Å²) in [7, 11) is -3.51. The highest BCUT2D eigenvalue weighted by atomic mass is 32.2. The first kappa shape index (κ1) is 16.4. The number of sulfonamides is 1. The fourth-order valence-corrected chi connectivity index (χ4v) is 4.27. The molecule has 0 spiro atoms. The molecule has 1 heterocycles. The van der Waals surface area contributed by atoms with Crippen LogP contribution in [0.4, 0.5) is 0 Å². The van der Waals surface area contributed by atoms with Crippen molar-refractivity contribution in [3.63, 3.8) is 0 Å². The Hall–Kier alpha value is -1.02. The highest BCUT2D eigenvalue weighted by Gasteiger charge is 2.28. The SMILES string of the molecule is Cc1cc(S(=O)(=O)N2CCCOC(C)C2)ccc1C(N)=S. The lowest BCUT2D eigenvalue weighted by Crippen LogP contribution is -2.36. The van der Waals surface area contributed by atoms with E-state index in [1.807, 2.05) is 13.8 Å². The van der Waals surface area contributed by atoms with Gasteiger partial charge in [0.2, 0.25) is 10.0 Å². The lowest BCUT2D eigenvalue weighted by molar-refractivity contribution is 0.0752. The molecule has 0 saturated carbocycles. The Balaban J connectivity index is 2.34. The van der Waals surface area contributed by atoms with E-state index in [1.54, 1.807) is 18.2 Å². The van der Waals surface area contributed by atoms with E-state index in [4.69, 9.17) is 22.7 Å². The van der Waals surface area contributed by atoms with Crippen molar-refractivity contribution in [1.82, 2.24) is 4.31 Å². The molecule has 0 amide bonds. The topological polar surface area (TPSA) is 72.6 Å². The first-order chi connectivity index (χ1) is 9.82. The molecule has 2 rings (SSSR count). The fourth-order valence-electron chi connectivity index (χ4n) is 2.40. The van der Waals surface area contributed by atoms with Crippen molar-refractivity contribution in [2.75, 3.05) is 19.7 Å².